The summed E-state index contributed by atoms with van der Waals surface area (Å²) in [4.78, 5) is 22.8. The molecule has 5 nitrogen and oxygen atoms in total. The Morgan fingerprint density at radius 1 is 1.21 bits per heavy atom. The standard InChI is InChI=1S/C14H24N4O/c1-7-18(8-2)12(19)10-9(3)16-13(15)17-11(10)14(4,5)6/h7-8H2,1-6H3,(H2,15,16,17). The normalized spacial score (nSPS) is 11.5. The van der Waals surface area contributed by atoms with Gasteiger partial charge < -0.3 is 10.6 Å². The molecule has 2 N–H and O–H groups in total. The molecule has 0 aliphatic carbocycles. The lowest BCUT2D eigenvalue weighted by atomic mass is 9.87. The number of amides is 1. The molecule has 0 aromatic carbocycles. The Morgan fingerprint density at radius 2 is 1.74 bits per heavy atom. The maximum atomic E-state index is 12.6. The minimum absolute atomic E-state index is 0.0209. The third-order valence-electron chi connectivity index (χ3n) is 3.08. The number of nitrogen functional groups attached to an aromatic ring is 1. The van der Waals surface area contributed by atoms with Gasteiger partial charge in [0.25, 0.3) is 5.91 Å². The van der Waals surface area contributed by atoms with Gasteiger partial charge in [-0.05, 0) is 20.8 Å². The van der Waals surface area contributed by atoms with E-state index in [9.17, 15) is 4.79 Å². The molecule has 19 heavy (non-hydrogen) atoms. The van der Waals surface area contributed by atoms with Crippen molar-refractivity contribution in [3.8, 4) is 0 Å². The van der Waals surface area contributed by atoms with Crippen LogP contribution < -0.4 is 5.73 Å². The molecule has 1 aromatic heterocycles. The van der Waals surface area contributed by atoms with Crippen LogP contribution in [0.15, 0.2) is 0 Å². The van der Waals surface area contributed by atoms with Crippen LogP contribution in [0.1, 0.15) is 56.4 Å². The Bertz CT molecular complexity index is 473. The van der Waals surface area contributed by atoms with E-state index in [1.54, 1.807) is 4.90 Å². The van der Waals surface area contributed by atoms with E-state index in [1.807, 2.05) is 41.5 Å². The van der Waals surface area contributed by atoms with Crippen LogP contribution in [-0.4, -0.2) is 33.9 Å². The Morgan fingerprint density at radius 3 is 2.16 bits per heavy atom. The number of anilines is 1. The minimum atomic E-state index is -0.250. The van der Waals surface area contributed by atoms with Gasteiger partial charge >= 0.3 is 0 Å². The van der Waals surface area contributed by atoms with E-state index in [2.05, 4.69) is 9.97 Å². The van der Waals surface area contributed by atoms with Gasteiger partial charge in [0.15, 0.2) is 0 Å². The van der Waals surface area contributed by atoms with E-state index in [4.69, 9.17) is 5.73 Å². The molecule has 0 aliphatic heterocycles. The SMILES string of the molecule is CCN(CC)C(=O)c1c(C)nc(N)nc1C(C)(C)C. The Balaban J connectivity index is 3.45. The van der Waals surface area contributed by atoms with Crippen LogP contribution in [-0.2, 0) is 5.41 Å². The van der Waals surface area contributed by atoms with Gasteiger partial charge in [0.05, 0.1) is 17.0 Å². The summed E-state index contributed by atoms with van der Waals surface area (Å²) < 4.78 is 0. The lowest BCUT2D eigenvalue weighted by molar-refractivity contribution is 0.0768. The number of nitrogens with two attached hydrogens (primary N) is 1. The van der Waals surface area contributed by atoms with E-state index in [0.29, 0.717) is 24.3 Å². The van der Waals surface area contributed by atoms with Gasteiger partial charge in [0.1, 0.15) is 0 Å². The average Bonchev–Trinajstić information content (AvgIpc) is 2.28. The number of carbonyl (C=O) groups is 1. The second-order valence-electron chi connectivity index (χ2n) is 5.62. The fraction of sp³-hybridized carbons (Fsp3) is 0.643. The highest BCUT2D eigenvalue weighted by atomic mass is 16.2. The van der Waals surface area contributed by atoms with Gasteiger partial charge in [-0.25, -0.2) is 9.97 Å². The van der Waals surface area contributed by atoms with Gasteiger partial charge in [-0.15, -0.1) is 0 Å². The van der Waals surface area contributed by atoms with Crippen molar-refractivity contribution < 1.29 is 4.79 Å². The second-order valence-corrected chi connectivity index (χ2v) is 5.62. The molecule has 0 saturated heterocycles. The van der Waals surface area contributed by atoms with E-state index in [1.165, 1.54) is 0 Å². The minimum Gasteiger partial charge on any atom is -0.368 e. The molecule has 0 aliphatic rings. The molecular weight excluding hydrogens is 240 g/mol. The molecule has 1 heterocycles. The van der Waals surface area contributed by atoms with Gasteiger partial charge in [-0.1, -0.05) is 20.8 Å². The van der Waals surface area contributed by atoms with E-state index >= 15 is 0 Å². The third kappa shape index (κ3) is 3.22. The first kappa shape index (κ1) is 15.4. The van der Waals surface area contributed by atoms with Crippen LogP contribution >= 0.6 is 0 Å². The van der Waals surface area contributed by atoms with Crippen molar-refractivity contribution in [2.24, 2.45) is 0 Å². The summed E-state index contributed by atoms with van der Waals surface area (Å²) in [5.41, 5.74) is 7.42. The summed E-state index contributed by atoms with van der Waals surface area (Å²) in [5, 5.41) is 0. The van der Waals surface area contributed by atoms with Crippen LogP contribution in [0.25, 0.3) is 0 Å². The summed E-state index contributed by atoms with van der Waals surface area (Å²) in [7, 11) is 0. The number of nitrogens with zero attached hydrogens (tertiary/aromatic N) is 3. The topological polar surface area (TPSA) is 72.1 Å². The van der Waals surface area contributed by atoms with Crippen LogP contribution in [0, 0.1) is 6.92 Å². The van der Waals surface area contributed by atoms with Crippen LogP contribution in [0.3, 0.4) is 0 Å². The Hall–Kier alpha value is -1.65. The molecule has 0 radical (unpaired) electrons. The molecule has 106 valence electrons. The highest BCUT2D eigenvalue weighted by Gasteiger charge is 2.28. The Kier molecular flexibility index (Phi) is 4.50. The van der Waals surface area contributed by atoms with Crippen LogP contribution in [0.5, 0.6) is 0 Å². The number of aryl methyl sites for hydroxylation is 1. The molecule has 0 fully saturated rings. The number of hydrogen-bond donors (Lipinski definition) is 1. The zero-order chi connectivity index (χ0) is 14.8. The van der Waals surface area contributed by atoms with Gasteiger partial charge in [-0.2, -0.15) is 0 Å². The second kappa shape index (κ2) is 5.55. The Labute approximate surface area is 115 Å². The van der Waals surface area contributed by atoms with Crippen molar-refractivity contribution in [2.45, 2.75) is 47.0 Å². The smallest absolute Gasteiger partial charge is 0.257 e. The zero-order valence-corrected chi connectivity index (χ0v) is 12.7. The summed E-state index contributed by atoms with van der Waals surface area (Å²) in [6.07, 6.45) is 0. The highest BCUT2D eigenvalue weighted by Crippen LogP contribution is 2.27. The first-order valence-electron chi connectivity index (χ1n) is 6.66. The first-order chi connectivity index (χ1) is 8.72. The van der Waals surface area contributed by atoms with Crippen molar-refractivity contribution in [1.29, 1.82) is 0 Å². The fourth-order valence-electron chi connectivity index (χ4n) is 2.06. The maximum Gasteiger partial charge on any atom is 0.257 e. The lowest BCUT2D eigenvalue weighted by Gasteiger charge is -2.26. The summed E-state index contributed by atoms with van der Waals surface area (Å²) in [6, 6.07) is 0. The molecule has 1 rings (SSSR count). The van der Waals surface area contributed by atoms with Crippen LogP contribution in [0.2, 0.25) is 0 Å². The largest absolute Gasteiger partial charge is 0.368 e. The predicted molar refractivity (Wildman–Crippen MR) is 77.1 cm³/mol. The van der Waals surface area contributed by atoms with Crippen LogP contribution in [0.4, 0.5) is 5.95 Å². The van der Waals surface area contributed by atoms with Gasteiger partial charge in [0, 0.05) is 18.5 Å². The lowest BCUT2D eigenvalue weighted by Crippen LogP contribution is -2.34. The van der Waals surface area contributed by atoms with Crippen molar-refractivity contribution in [1.82, 2.24) is 14.9 Å². The molecule has 5 heteroatoms. The van der Waals surface area contributed by atoms with Crippen molar-refractivity contribution in [3.05, 3.63) is 17.0 Å². The van der Waals surface area contributed by atoms with Crippen molar-refractivity contribution in [3.63, 3.8) is 0 Å². The third-order valence-corrected chi connectivity index (χ3v) is 3.08. The van der Waals surface area contributed by atoms with Gasteiger partial charge in [0.2, 0.25) is 5.95 Å². The summed E-state index contributed by atoms with van der Waals surface area (Å²) in [5.74, 6) is 0.200. The number of rotatable bonds is 3. The molecule has 0 spiro atoms. The summed E-state index contributed by atoms with van der Waals surface area (Å²) in [6.45, 7) is 13.1. The van der Waals surface area contributed by atoms with Crippen molar-refractivity contribution in [2.75, 3.05) is 18.8 Å². The number of carbonyl (C=O) groups excluding carboxylic acids is 1. The molecule has 0 unspecified atom stereocenters. The first-order valence-corrected chi connectivity index (χ1v) is 6.66. The van der Waals surface area contributed by atoms with E-state index in [-0.39, 0.29) is 17.3 Å². The average molecular weight is 264 g/mol. The summed E-state index contributed by atoms with van der Waals surface area (Å²) >= 11 is 0. The molecule has 0 atom stereocenters. The number of aromatic nitrogens is 2. The molecular formula is C14H24N4O. The van der Waals surface area contributed by atoms with Gasteiger partial charge in [-0.3, -0.25) is 4.79 Å². The molecule has 1 aromatic rings. The predicted octanol–water partition coefficient (Wildman–Crippen LogP) is 2.15. The van der Waals surface area contributed by atoms with Crippen molar-refractivity contribution >= 4 is 11.9 Å². The molecule has 1 amide bonds. The van der Waals surface area contributed by atoms with E-state index < -0.39 is 0 Å². The monoisotopic (exact) mass is 264 g/mol. The zero-order valence-electron chi connectivity index (χ0n) is 12.7. The highest BCUT2D eigenvalue weighted by molar-refractivity contribution is 5.96. The number of hydrogen-bond acceptors (Lipinski definition) is 4. The maximum absolute atomic E-state index is 12.6. The fourth-order valence-corrected chi connectivity index (χ4v) is 2.06. The quantitative estimate of drug-likeness (QED) is 0.908. The van der Waals surface area contributed by atoms with E-state index in [0.717, 1.165) is 5.69 Å². The molecule has 0 saturated carbocycles. The molecule has 0 bridgehead atoms.